The van der Waals surface area contributed by atoms with Gasteiger partial charge in [-0.25, -0.2) is 14.8 Å². The highest BCUT2D eigenvalue weighted by atomic mass is 32.2. The second-order valence-electron chi connectivity index (χ2n) is 3.73. The summed E-state index contributed by atoms with van der Waals surface area (Å²) < 4.78 is 4.77. The Morgan fingerprint density at radius 1 is 1.56 bits per heavy atom. The van der Waals surface area contributed by atoms with Crippen LogP contribution < -0.4 is 11.1 Å². The molecule has 100 valence electrons. The molecule has 0 fully saturated rings. The minimum atomic E-state index is -0.742. The number of nitrogens with two attached hydrogens (primary N) is 1. The molecule has 0 saturated heterocycles. The number of ether oxygens (including phenoxy) is 1. The standard InChI is InChI=1S/C11H18N4O2S/c1-3-8(7-17-10(12)16)4-13-11-14-5-9(18-2)6-15-11/h5-6,8H,3-4,7H2,1-2H3,(H2,12,16)(H,13,14,15). The van der Waals surface area contributed by atoms with Gasteiger partial charge in [0.15, 0.2) is 0 Å². The molecule has 0 aliphatic rings. The maximum absolute atomic E-state index is 10.5. The molecule has 3 N–H and O–H groups in total. The number of rotatable bonds is 7. The van der Waals surface area contributed by atoms with Crippen LogP contribution in [0, 0.1) is 5.92 Å². The van der Waals surface area contributed by atoms with Gasteiger partial charge >= 0.3 is 6.09 Å². The fourth-order valence-electron chi connectivity index (χ4n) is 1.27. The lowest BCUT2D eigenvalue weighted by Crippen LogP contribution is -2.24. The zero-order valence-corrected chi connectivity index (χ0v) is 11.4. The Hall–Kier alpha value is -1.50. The fourth-order valence-corrected chi connectivity index (χ4v) is 1.59. The van der Waals surface area contributed by atoms with Crippen LogP contribution in [-0.2, 0) is 4.74 Å². The topological polar surface area (TPSA) is 90.1 Å². The van der Waals surface area contributed by atoms with Gasteiger partial charge in [-0.3, -0.25) is 0 Å². The molecule has 1 aromatic rings. The van der Waals surface area contributed by atoms with E-state index in [0.717, 1.165) is 11.3 Å². The molecule has 1 aromatic heterocycles. The molecular weight excluding hydrogens is 252 g/mol. The number of primary amides is 1. The van der Waals surface area contributed by atoms with Crippen LogP contribution in [0.3, 0.4) is 0 Å². The summed E-state index contributed by atoms with van der Waals surface area (Å²) in [4.78, 5) is 19.9. The molecule has 1 rings (SSSR count). The van der Waals surface area contributed by atoms with Crippen LogP contribution in [0.1, 0.15) is 13.3 Å². The van der Waals surface area contributed by atoms with Crippen molar-refractivity contribution in [2.24, 2.45) is 11.7 Å². The van der Waals surface area contributed by atoms with E-state index in [2.05, 4.69) is 15.3 Å². The summed E-state index contributed by atoms with van der Waals surface area (Å²) in [6.07, 6.45) is 5.64. The Bertz CT molecular complexity index is 372. The van der Waals surface area contributed by atoms with Gasteiger partial charge < -0.3 is 15.8 Å². The third kappa shape index (κ3) is 5.22. The number of hydrogen-bond donors (Lipinski definition) is 2. The van der Waals surface area contributed by atoms with Crippen molar-refractivity contribution in [1.82, 2.24) is 9.97 Å². The van der Waals surface area contributed by atoms with Crippen LogP contribution in [0.25, 0.3) is 0 Å². The minimum Gasteiger partial charge on any atom is -0.449 e. The lowest BCUT2D eigenvalue weighted by Gasteiger charge is -2.14. The van der Waals surface area contributed by atoms with E-state index >= 15 is 0 Å². The molecule has 1 heterocycles. The lowest BCUT2D eigenvalue weighted by molar-refractivity contribution is 0.137. The summed E-state index contributed by atoms with van der Waals surface area (Å²) in [7, 11) is 0. The first-order chi connectivity index (χ1) is 8.65. The molecule has 7 heteroatoms. The first-order valence-electron chi connectivity index (χ1n) is 5.67. The van der Waals surface area contributed by atoms with E-state index in [1.807, 2.05) is 13.2 Å². The predicted octanol–water partition coefficient (Wildman–Crippen LogP) is 1.73. The maximum Gasteiger partial charge on any atom is 0.404 e. The fraction of sp³-hybridized carbons (Fsp3) is 0.545. The van der Waals surface area contributed by atoms with Gasteiger partial charge in [-0.15, -0.1) is 11.8 Å². The molecule has 0 aromatic carbocycles. The second kappa shape index (κ2) is 7.75. The van der Waals surface area contributed by atoms with Crippen molar-refractivity contribution in [3.63, 3.8) is 0 Å². The Morgan fingerprint density at radius 2 is 2.22 bits per heavy atom. The third-order valence-electron chi connectivity index (χ3n) is 2.45. The molecule has 6 nitrogen and oxygen atoms in total. The van der Waals surface area contributed by atoms with Crippen molar-refractivity contribution in [3.8, 4) is 0 Å². The molecule has 0 bridgehead atoms. The van der Waals surface area contributed by atoms with Gasteiger partial charge in [-0.05, 0) is 12.7 Å². The van der Waals surface area contributed by atoms with Gasteiger partial charge in [0.25, 0.3) is 0 Å². The molecule has 0 radical (unpaired) electrons. The van der Waals surface area contributed by atoms with Crippen LogP contribution in [0.5, 0.6) is 0 Å². The number of hydrogen-bond acceptors (Lipinski definition) is 6. The van der Waals surface area contributed by atoms with E-state index in [9.17, 15) is 4.79 Å². The zero-order valence-electron chi connectivity index (χ0n) is 10.5. The van der Waals surface area contributed by atoms with Crippen LogP contribution in [0.15, 0.2) is 17.3 Å². The van der Waals surface area contributed by atoms with E-state index in [0.29, 0.717) is 19.1 Å². The Morgan fingerprint density at radius 3 is 2.72 bits per heavy atom. The second-order valence-corrected chi connectivity index (χ2v) is 4.61. The molecule has 0 saturated carbocycles. The highest BCUT2D eigenvalue weighted by molar-refractivity contribution is 7.98. The van der Waals surface area contributed by atoms with Crippen molar-refractivity contribution in [2.75, 3.05) is 24.7 Å². The average molecular weight is 270 g/mol. The summed E-state index contributed by atoms with van der Waals surface area (Å²) in [5, 5.41) is 3.11. The van der Waals surface area contributed by atoms with Crippen molar-refractivity contribution in [1.29, 1.82) is 0 Å². The quantitative estimate of drug-likeness (QED) is 0.733. The molecule has 1 unspecified atom stereocenters. The van der Waals surface area contributed by atoms with E-state index in [1.165, 1.54) is 0 Å². The SMILES string of the molecule is CCC(CNc1ncc(SC)cn1)COC(N)=O. The number of nitrogens with zero attached hydrogens (tertiary/aromatic N) is 2. The van der Waals surface area contributed by atoms with Crippen molar-refractivity contribution in [2.45, 2.75) is 18.2 Å². The Balaban J connectivity index is 2.38. The van der Waals surface area contributed by atoms with Crippen LogP contribution in [0.2, 0.25) is 0 Å². The van der Waals surface area contributed by atoms with E-state index in [-0.39, 0.29) is 5.92 Å². The molecular formula is C11H18N4O2S. The first-order valence-corrected chi connectivity index (χ1v) is 6.90. The summed E-state index contributed by atoms with van der Waals surface area (Å²) in [5.41, 5.74) is 4.93. The van der Waals surface area contributed by atoms with Gasteiger partial charge in [0.05, 0.1) is 6.61 Å². The Labute approximate surface area is 111 Å². The van der Waals surface area contributed by atoms with Crippen LogP contribution >= 0.6 is 11.8 Å². The summed E-state index contributed by atoms with van der Waals surface area (Å²) in [5.74, 6) is 0.770. The molecule has 0 aliphatic carbocycles. The maximum atomic E-state index is 10.5. The molecule has 0 spiro atoms. The summed E-state index contributed by atoms with van der Waals surface area (Å²) in [6, 6.07) is 0. The van der Waals surface area contributed by atoms with Gasteiger partial charge in [0.2, 0.25) is 5.95 Å². The third-order valence-corrected chi connectivity index (χ3v) is 3.13. The average Bonchev–Trinajstić information content (AvgIpc) is 2.39. The smallest absolute Gasteiger partial charge is 0.404 e. The number of carbonyl (C=O) groups excluding carboxylic acids is 1. The number of thioether (sulfide) groups is 1. The van der Waals surface area contributed by atoms with E-state index < -0.39 is 6.09 Å². The van der Waals surface area contributed by atoms with Crippen LogP contribution in [-0.4, -0.2) is 35.5 Å². The minimum absolute atomic E-state index is 0.196. The summed E-state index contributed by atoms with van der Waals surface area (Å²) in [6.45, 7) is 2.97. The molecule has 1 amide bonds. The van der Waals surface area contributed by atoms with Gasteiger partial charge in [-0.1, -0.05) is 6.92 Å². The number of aromatic nitrogens is 2. The van der Waals surface area contributed by atoms with Crippen molar-refractivity contribution >= 4 is 23.8 Å². The molecule has 18 heavy (non-hydrogen) atoms. The lowest BCUT2D eigenvalue weighted by atomic mass is 10.1. The normalized spacial score (nSPS) is 11.9. The number of amides is 1. The highest BCUT2D eigenvalue weighted by Crippen LogP contribution is 2.12. The number of anilines is 1. The van der Waals surface area contributed by atoms with E-state index in [1.54, 1.807) is 24.2 Å². The van der Waals surface area contributed by atoms with Crippen molar-refractivity contribution in [3.05, 3.63) is 12.4 Å². The predicted molar refractivity (Wildman–Crippen MR) is 71.6 cm³/mol. The largest absolute Gasteiger partial charge is 0.449 e. The molecule has 0 aliphatic heterocycles. The highest BCUT2D eigenvalue weighted by Gasteiger charge is 2.09. The van der Waals surface area contributed by atoms with Gasteiger partial charge in [-0.2, -0.15) is 0 Å². The van der Waals surface area contributed by atoms with Gasteiger partial charge in [0.1, 0.15) is 0 Å². The number of nitrogens with one attached hydrogen (secondary N) is 1. The zero-order chi connectivity index (χ0) is 13.4. The van der Waals surface area contributed by atoms with Gasteiger partial charge in [0, 0.05) is 29.8 Å². The van der Waals surface area contributed by atoms with E-state index in [4.69, 9.17) is 10.5 Å². The first kappa shape index (κ1) is 14.6. The van der Waals surface area contributed by atoms with Crippen molar-refractivity contribution < 1.29 is 9.53 Å². The monoisotopic (exact) mass is 270 g/mol. The van der Waals surface area contributed by atoms with Crippen LogP contribution in [0.4, 0.5) is 10.7 Å². The molecule has 1 atom stereocenters. The Kier molecular flexibility index (Phi) is 6.27. The summed E-state index contributed by atoms with van der Waals surface area (Å²) >= 11 is 1.59. The number of carbonyl (C=O) groups is 1.